The molecule has 1 unspecified atom stereocenters. The summed E-state index contributed by atoms with van der Waals surface area (Å²) in [5, 5.41) is 3.42. The van der Waals surface area contributed by atoms with E-state index in [1.165, 1.54) is 29.8 Å². The van der Waals surface area contributed by atoms with Crippen LogP contribution in [0.4, 0.5) is 0 Å². The molecule has 0 amide bonds. The molecular weight excluding hydrogens is 250 g/mol. The van der Waals surface area contributed by atoms with E-state index >= 15 is 0 Å². The van der Waals surface area contributed by atoms with Crippen molar-refractivity contribution < 1.29 is 4.74 Å². The predicted octanol–water partition coefficient (Wildman–Crippen LogP) is 2.36. The fraction of sp³-hybridized carbons (Fsp3) is 0.750. The van der Waals surface area contributed by atoms with Crippen molar-refractivity contribution in [3.63, 3.8) is 0 Å². The second kappa shape index (κ2) is 6.19. The van der Waals surface area contributed by atoms with Gasteiger partial charge in [-0.2, -0.15) is 0 Å². The maximum absolute atomic E-state index is 5.83. The van der Waals surface area contributed by atoms with E-state index in [9.17, 15) is 0 Å². The summed E-state index contributed by atoms with van der Waals surface area (Å²) in [6.07, 6.45) is 5.86. The molecule has 0 bridgehead atoms. The van der Waals surface area contributed by atoms with Crippen LogP contribution in [0.1, 0.15) is 61.8 Å². The maximum Gasteiger partial charge on any atom is 0.131 e. The van der Waals surface area contributed by atoms with E-state index in [0.29, 0.717) is 12.0 Å². The fourth-order valence-corrected chi connectivity index (χ4v) is 3.18. The van der Waals surface area contributed by atoms with Gasteiger partial charge in [0.2, 0.25) is 0 Å². The number of ether oxygens (including phenoxy) is 1. The average Bonchev–Trinajstić information content (AvgIpc) is 2.47. The minimum absolute atomic E-state index is 0.318. The van der Waals surface area contributed by atoms with Gasteiger partial charge < -0.3 is 10.1 Å². The monoisotopic (exact) mass is 275 g/mol. The Balaban J connectivity index is 1.85. The Morgan fingerprint density at radius 2 is 2.20 bits per heavy atom. The third-order valence-corrected chi connectivity index (χ3v) is 4.25. The molecular formula is C16H25N3O. The van der Waals surface area contributed by atoms with Gasteiger partial charge >= 0.3 is 0 Å². The Bertz CT molecular complexity index is 467. The predicted molar refractivity (Wildman–Crippen MR) is 78.8 cm³/mol. The number of fused-ring (bicyclic) bond motifs is 1. The van der Waals surface area contributed by atoms with Crippen LogP contribution in [0.15, 0.2) is 0 Å². The lowest BCUT2D eigenvalue weighted by molar-refractivity contribution is 0.0155. The molecule has 1 aromatic heterocycles. The lowest BCUT2D eigenvalue weighted by atomic mass is 9.97. The van der Waals surface area contributed by atoms with E-state index in [1.54, 1.807) is 0 Å². The zero-order valence-electron chi connectivity index (χ0n) is 12.6. The second-order valence-electron chi connectivity index (χ2n) is 6.22. The van der Waals surface area contributed by atoms with E-state index in [0.717, 1.165) is 44.8 Å². The lowest BCUT2D eigenvalue weighted by Crippen LogP contribution is -2.29. The van der Waals surface area contributed by atoms with Gasteiger partial charge in [0.25, 0.3) is 0 Å². The number of rotatable bonds is 3. The number of nitrogens with one attached hydrogen (secondary N) is 1. The molecule has 0 saturated carbocycles. The van der Waals surface area contributed by atoms with Crippen LogP contribution < -0.4 is 5.32 Å². The third kappa shape index (κ3) is 3.01. The van der Waals surface area contributed by atoms with Gasteiger partial charge in [-0.25, -0.2) is 9.97 Å². The zero-order valence-corrected chi connectivity index (χ0v) is 12.6. The molecule has 4 heteroatoms. The molecule has 1 N–H and O–H groups in total. The molecule has 0 aliphatic carbocycles. The van der Waals surface area contributed by atoms with Crippen LogP contribution >= 0.6 is 0 Å². The van der Waals surface area contributed by atoms with Crippen LogP contribution in [-0.4, -0.2) is 29.2 Å². The molecule has 0 spiro atoms. The van der Waals surface area contributed by atoms with Crippen molar-refractivity contribution in [1.82, 2.24) is 15.3 Å². The first-order valence-corrected chi connectivity index (χ1v) is 7.95. The van der Waals surface area contributed by atoms with Crippen LogP contribution in [-0.2, 0) is 24.1 Å². The van der Waals surface area contributed by atoms with Gasteiger partial charge in [0.15, 0.2) is 0 Å². The summed E-state index contributed by atoms with van der Waals surface area (Å²) < 4.78 is 5.83. The van der Waals surface area contributed by atoms with Crippen molar-refractivity contribution in [2.45, 2.75) is 64.5 Å². The van der Waals surface area contributed by atoms with Crippen molar-refractivity contribution in [2.75, 3.05) is 13.2 Å². The summed E-state index contributed by atoms with van der Waals surface area (Å²) in [5.41, 5.74) is 3.84. The molecule has 4 nitrogen and oxygen atoms in total. The largest absolute Gasteiger partial charge is 0.378 e. The molecule has 2 aliphatic heterocycles. The van der Waals surface area contributed by atoms with Crippen LogP contribution in [0, 0.1) is 0 Å². The van der Waals surface area contributed by atoms with Crippen molar-refractivity contribution in [3.05, 3.63) is 22.8 Å². The van der Waals surface area contributed by atoms with Gasteiger partial charge in [0.1, 0.15) is 5.82 Å². The van der Waals surface area contributed by atoms with E-state index in [1.807, 2.05) is 0 Å². The molecule has 3 rings (SSSR count). The zero-order chi connectivity index (χ0) is 13.9. The number of aromatic nitrogens is 2. The van der Waals surface area contributed by atoms with Crippen LogP contribution in [0.5, 0.6) is 0 Å². The summed E-state index contributed by atoms with van der Waals surface area (Å²) in [7, 11) is 0. The van der Waals surface area contributed by atoms with E-state index in [2.05, 4.69) is 19.2 Å². The molecule has 1 aromatic rings. The third-order valence-electron chi connectivity index (χ3n) is 4.25. The minimum Gasteiger partial charge on any atom is -0.378 e. The van der Waals surface area contributed by atoms with Gasteiger partial charge in [-0.15, -0.1) is 0 Å². The van der Waals surface area contributed by atoms with Gasteiger partial charge in [0, 0.05) is 19.6 Å². The Morgan fingerprint density at radius 1 is 1.30 bits per heavy atom. The summed E-state index contributed by atoms with van der Waals surface area (Å²) >= 11 is 0. The summed E-state index contributed by atoms with van der Waals surface area (Å²) in [5.74, 6) is 1.44. The molecule has 3 heterocycles. The second-order valence-corrected chi connectivity index (χ2v) is 6.22. The summed E-state index contributed by atoms with van der Waals surface area (Å²) in [6.45, 7) is 7.28. The van der Waals surface area contributed by atoms with Crippen LogP contribution in [0.3, 0.4) is 0 Å². The highest BCUT2D eigenvalue weighted by molar-refractivity contribution is 5.30. The molecule has 110 valence electrons. The maximum atomic E-state index is 5.83. The van der Waals surface area contributed by atoms with E-state index < -0.39 is 0 Å². The van der Waals surface area contributed by atoms with Crippen molar-refractivity contribution in [2.24, 2.45) is 0 Å². The van der Waals surface area contributed by atoms with Gasteiger partial charge in [-0.3, -0.25) is 0 Å². The normalized spacial score (nSPS) is 22.9. The highest BCUT2D eigenvalue weighted by Crippen LogP contribution is 2.24. The molecule has 0 radical (unpaired) electrons. The SMILES string of the molecule is CC(C)c1nc(CC2CCCCO2)nc2c1CCNC2. The molecule has 1 atom stereocenters. The molecule has 20 heavy (non-hydrogen) atoms. The topological polar surface area (TPSA) is 47.0 Å². The molecule has 1 saturated heterocycles. The smallest absolute Gasteiger partial charge is 0.131 e. The number of hydrogen-bond acceptors (Lipinski definition) is 4. The fourth-order valence-electron chi connectivity index (χ4n) is 3.18. The van der Waals surface area contributed by atoms with Crippen LogP contribution in [0.2, 0.25) is 0 Å². The highest BCUT2D eigenvalue weighted by atomic mass is 16.5. The van der Waals surface area contributed by atoms with Gasteiger partial charge in [-0.05, 0) is 43.7 Å². The van der Waals surface area contributed by atoms with Crippen molar-refractivity contribution in [1.29, 1.82) is 0 Å². The Morgan fingerprint density at radius 3 is 2.95 bits per heavy atom. The first kappa shape index (κ1) is 14.0. The Labute approximate surface area is 121 Å². The molecule has 1 fully saturated rings. The first-order valence-electron chi connectivity index (χ1n) is 7.95. The van der Waals surface area contributed by atoms with E-state index in [4.69, 9.17) is 14.7 Å². The van der Waals surface area contributed by atoms with Gasteiger partial charge in [-0.1, -0.05) is 13.8 Å². The minimum atomic E-state index is 0.318. The molecule has 2 aliphatic rings. The highest BCUT2D eigenvalue weighted by Gasteiger charge is 2.21. The summed E-state index contributed by atoms with van der Waals surface area (Å²) in [6, 6.07) is 0. The standard InChI is InChI=1S/C16H25N3O/c1-11(2)16-13-6-7-17-10-14(13)18-15(19-16)9-12-5-3-4-8-20-12/h11-12,17H,3-10H2,1-2H3. The quantitative estimate of drug-likeness (QED) is 0.920. The average molecular weight is 275 g/mol. The molecule has 0 aromatic carbocycles. The van der Waals surface area contributed by atoms with E-state index in [-0.39, 0.29) is 0 Å². The van der Waals surface area contributed by atoms with Crippen LogP contribution in [0.25, 0.3) is 0 Å². The Kier molecular flexibility index (Phi) is 4.32. The number of hydrogen-bond donors (Lipinski definition) is 1. The van der Waals surface area contributed by atoms with Crippen molar-refractivity contribution in [3.8, 4) is 0 Å². The van der Waals surface area contributed by atoms with Crippen molar-refractivity contribution >= 4 is 0 Å². The lowest BCUT2D eigenvalue weighted by Gasteiger charge is -2.25. The Hall–Kier alpha value is -1.00. The summed E-state index contributed by atoms with van der Waals surface area (Å²) in [4.78, 5) is 9.66. The van der Waals surface area contributed by atoms with Gasteiger partial charge in [0.05, 0.1) is 17.5 Å². The first-order chi connectivity index (χ1) is 9.74. The number of nitrogens with zero attached hydrogens (tertiary/aromatic N) is 2.